The van der Waals surface area contributed by atoms with Crippen molar-refractivity contribution in [2.24, 2.45) is 0 Å². The Balaban J connectivity index is 2.10. The molecule has 1 saturated carbocycles. The van der Waals surface area contributed by atoms with Crippen molar-refractivity contribution in [3.8, 4) is 0 Å². The molecule has 0 aromatic heterocycles. The summed E-state index contributed by atoms with van der Waals surface area (Å²) in [6.07, 6.45) is 6.76. The number of carboxylic acid groups (broad SMARTS) is 1. The maximum Gasteiger partial charge on any atom is 0.326 e. The van der Waals surface area contributed by atoms with Gasteiger partial charge in [-0.1, -0.05) is 25.0 Å². The maximum absolute atomic E-state index is 12.5. The van der Waals surface area contributed by atoms with Crippen LogP contribution in [0.2, 0.25) is 0 Å². The van der Waals surface area contributed by atoms with Crippen molar-refractivity contribution in [1.29, 1.82) is 0 Å². The number of aliphatic carboxylic acids is 1. The van der Waals surface area contributed by atoms with E-state index in [0.29, 0.717) is 12.8 Å². The van der Waals surface area contributed by atoms with E-state index >= 15 is 0 Å². The maximum atomic E-state index is 12.5. The summed E-state index contributed by atoms with van der Waals surface area (Å²) in [6, 6.07) is 4.66. The number of amides is 1. The van der Waals surface area contributed by atoms with Crippen molar-refractivity contribution in [3.63, 3.8) is 0 Å². The van der Waals surface area contributed by atoms with Crippen LogP contribution in [0.3, 0.4) is 0 Å². The molecule has 0 heterocycles. The summed E-state index contributed by atoms with van der Waals surface area (Å²) < 4.78 is 25.0. The van der Waals surface area contributed by atoms with E-state index in [2.05, 4.69) is 5.32 Å². The summed E-state index contributed by atoms with van der Waals surface area (Å²) in [7, 11) is -3.36. The number of carboxylic acids is 1. The van der Waals surface area contributed by atoms with Crippen molar-refractivity contribution in [2.45, 2.75) is 55.2 Å². The van der Waals surface area contributed by atoms with Crippen LogP contribution in [-0.2, 0) is 14.6 Å². The first-order valence-corrected chi connectivity index (χ1v) is 9.89. The van der Waals surface area contributed by atoms with Crippen molar-refractivity contribution in [3.05, 3.63) is 42.0 Å². The van der Waals surface area contributed by atoms with E-state index in [1.54, 1.807) is 19.1 Å². The lowest BCUT2D eigenvalue weighted by Crippen LogP contribution is -2.40. The van der Waals surface area contributed by atoms with Crippen LogP contribution < -0.4 is 5.32 Å². The fourth-order valence-electron chi connectivity index (χ4n) is 2.92. The normalized spacial score (nSPS) is 16.8. The average molecular weight is 365 g/mol. The summed E-state index contributed by atoms with van der Waals surface area (Å²) in [4.78, 5) is 23.6. The highest BCUT2D eigenvalue weighted by atomic mass is 32.2. The van der Waals surface area contributed by atoms with Crippen molar-refractivity contribution in [1.82, 2.24) is 5.32 Å². The number of carbonyl (C=O) groups is 2. The van der Waals surface area contributed by atoms with Crippen LogP contribution in [0.5, 0.6) is 0 Å². The molecule has 0 spiro atoms. The quantitative estimate of drug-likeness (QED) is 0.723. The standard InChI is InChI=1S/C18H23NO5S/c1-2-3-8-16(18(21)22)19-17(20)13-9-11-15(12-10-13)25(23,24)14-6-4-5-7-14/h2-3,9-12,14,16H,4-8H2,1H3,(H,19,20)(H,21,22)/b3-2+. The van der Waals surface area contributed by atoms with Gasteiger partial charge in [0.25, 0.3) is 5.91 Å². The molecule has 0 aliphatic heterocycles. The molecule has 2 N–H and O–H groups in total. The van der Waals surface area contributed by atoms with Crippen LogP contribution in [0.15, 0.2) is 41.3 Å². The SMILES string of the molecule is C/C=C/CC(NC(=O)c1ccc(S(=O)(=O)C2CCCC2)cc1)C(=O)O. The molecule has 1 aromatic carbocycles. The Hall–Kier alpha value is -2.15. The van der Waals surface area contributed by atoms with Crippen molar-refractivity contribution >= 4 is 21.7 Å². The molecule has 25 heavy (non-hydrogen) atoms. The lowest BCUT2D eigenvalue weighted by atomic mass is 10.1. The van der Waals surface area contributed by atoms with Crippen molar-refractivity contribution in [2.75, 3.05) is 0 Å². The highest BCUT2D eigenvalue weighted by Gasteiger charge is 2.30. The minimum Gasteiger partial charge on any atom is -0.480 e. The van der Waals surface area contributed by atoms with Crippen LogP contribution in [0, 0.1) is 0 Å². The van der Waals surface area contributed by atoms with Crippen LogP contribution in [0.1, 0.15) is 49.4 Å². The van der Waals surface area contributed by atoms with Gasteiger partial charge in [-0.2, -0.15) is 0 Å². The topological polar surface area (TPSA) is 101 Å². The minimum atomic E-state index is -3.36. The monoisotopic (exact) mass is 365 g/mol. The predicted molar refractivity (Wildman–Crippen MR) is 94.2 cm³/mol. The summed E-state index contributed by atoms with van der Waals surface area (Å²) in [5.74, 6) is -1.66. The third-order valence-corrected chi connectivity index (χ3v) is 6.68. The smallest absolute Gasteiger partial charge is 0.326 e. The zero-order valence-corrected chi connectivity index (χ0v) is 15.0. The Morgan fingerprint density at radius 1 is 1.24 bits per heavy atom. The van der Waals surface area contributed by atoms with Gasteiger partial charge < -0.3 is 10.4 Å². The molecule has 0 radical (unpaired) electrons. The molecular weight excluding hydrogens is 342 g/mol. The highest BCUT2D eigenvalue weighted by Crippen LogP contribution is 2.29. The largest absolute Gasteiger partial charge is 0.480 e. The molecule has 0 saturated heterocycles. The average Bonchev–Trinajstić information content (AvgIpc) is 3.13. The molecule has 1 fully saturated rings. The lowest BCUT2D eigenvalue weighted by Gasteiger charge is -2.14. The first kappa shape index (κ1) is 19.2. The molecule has 2 rings (SSSR count). The predicted octanol–water partition coefficient (Wildman–Crippen LogP) is 2.55. The molecular formula is C18H23NO5S. The van der Waals surface area contributed by atoms with Crippen LogP contribution in [-0.4, -0.2) is 36.7 Å². The highest BCUT2D eigenvalue weighted by molar-refractivity contribution is 7.92. The molecule has 1 aliphatic rings. The molecule has 6 nitrogen and oxygen atoms in total. The minimum absolute atomic E-state index is 0.186. The van der Waals surface area contributed by atoms with Gasteiger partial charge in [-0.3, -0.25) is 4.79 Å². The van der Waals surface area contributed by atoms with Gasteiger partial charge in [-0.25, -0.2) is 13.2 Å². The Kier molecular flexibility index (Phi) is 6.36. The number of hydrogen-bond donors (Lipinski definition) is 2. The van der Waals surface area contributed by atoms with E-state index in [9.17, 15) is 18.0 Å². The van der Waals surface area contributed by atoms with E-state index in [0.717, 1.165) is 12.8 Å². The zero-order chi connectivity index (χ0) is 18.4. The van der Waals surface area contributed by atoms with E-state index in [1.165, 1.54) is 24.3 Å². The van der Waals surface area contributed by atoms with Crippen LogP contribution in [0.25, 0.3) is 0 Å². The molecule has 1 unspecified atom stereocenters. The molecule has 1 aliphatic carbocycles. The van der Waals surface area contributed by atoms with Gasteiger partial charge in [0.05, 0.1) is 10.1 Å². The molecule has 0 bridgehead atoms. The Labute approximate surface area is 147 Å². The van der Waals surface area contributed by atoms with E-state index < -0.39 is 27.8 Å². The number of hydrogen-bond acceptors (Lipinski definition) is 4. The number of carbonyl (C=O) groups excluding carboxylic acids is 1. The van der Waals surface area contributed by atoms with Gasteiger partial charge in [-0.05, 0) is 50.5 Å². The molecule has 1 atom stereocenters. The summed E-state index contributed by atoms with van der Waals surface area (Å²) in [5.41, 5.74) is 0.233. The number of sulfone groups is 1. The van der Waals surface area contributed by atoms with Gasteiger partial charge in [-0.15, -0.1) is 0 Å². The van der Waals surface area contributed by atoms with Crippen LogP contribution in [0.4, 0.5) is 0 Å². The fourth-order valence-corrected chi connectivity index (χ4v) is 4.78. The second-order valence-corrected chi connectivity index (χ2v) is 8.37. The van der Waals surface area contributed by atoms with Gasteiger partial charge in [0.1, 0.15) is 6.04 Å². The van der Waals surface area contributed by atoms with Gasteiger partial charge in [0, 0.05) is 5.56 Å². The van der Waals surface area contributed by atoms with Gasteiger partial charge in [0.2, 0.25) is 0 Å². The van der Waals surface area contributed by atoms with Gasteiger partial charge in [0.15, 0.2) is 9.84 Å². The van der Waals surface area contributed by atoms with Crippen LogP contribution >= 0.6 is 0 Å². The van der Waals surface area contributed by atoms with Crippen molar-refractivity contribution < 1.29 is 23.1 Å². The number of allylic oxidation sites excluding steroid dienone is 1. The lowest BCUT2D eigenvalue weighted by molar-refractivity contribution is -0.139. The first-order chi connectivity index (χ1) is 11.9. The Morgan fingerprint density at radius 3 is 2.36 bits per heavy atom. The molecule has 1 aromatic rings. The molecule has 136 valence electrons. The number of rotatable bonds is 7. The van der Waals surface area contributed by atoms with Gasteiger partial charge >= 0.3 is 5.97 Å². The fraction of sp³-hybridized carbons (Fsp3) is 0.444. The molecule has 7 heteroatoms. The van der Waals surface area contributed by atoms with E-state index in [-0.39, 0.29) is 22.1 Å². The summed E-state index contributed by atoms with van der Waals surface area (Å²) in [6.45, 7) is 1.77. The summed E-state index contributed by atoms with van der Waals surface area (Å²) in [5, 5.41) is 11.2. The molecule has 1 amide bonds. The third-order valence-electron chi connectivity index (χ3n) is 4.40. The van der Waals surface area contributed by atoms with E-state index in [1.807, 2.05) is 0 Å². The third kappa shape index (κ3) is 4.69. The zero-order valence-electron chi connectivity index (χ0n) is 14.1. The Bertz CT molecular complexity index is 746. The Morgan fingerprint density at radius 2 is 1.84 bits per heavy atom. The number of nitrogens with one attached hydrogen (secondary N) is 1. The first-order valence-electron chi connectivity index (χ1n) is 8.35. The van der Waals surface area contributed by atoms with E-state index in [4.69, 9.17) is 5.11 Å². The second kappa shape index (κ2) is 8.29. The number of benzene rings is 1. The second-order valence-electron chi connectivity index (χ2n) is 6.14. The summed E-state index contributed by atoms with van der Waals surface area (Å²) >= 11 is 0.